The van der Waals surface area contributed by atoms with Crippen LogP contribution in [-0.2, 0) is 0 Å². The molecule has 1 aromatic heterocycles. The van der Waals surface area contributed by atoms with Gasteiger partial charge in [0.2, 0.25) is 0 Å². The zero-order valence-electron chi connectivity index (χ0n) is 18.0. The van der Waals surface area contributed by atoms with Gasteiger partial charge >= 0.3 is 0 Å². The summed E-state index contributed by atoms with van der Waals surface area (Å²) in [4.78, 5) is 6.13. The summed E-state index contributed by atoms with van der Waals surface area (Å²) in [6.07, 6.45) is 8.01. The predicted octanol–water partition coefficient (Wildman–Crippen LogP) is 4.93. The molecular formula is C23H34N4O. The Labute approximate surface area is 169 Å². The second kappa shape index (κ2) is 8.76. The third-order valence-electron chi connectivity index (χ3n) is 5.18. The fourth-order valence-corrected chi connectivity index (χ4v) is 3.23. The van der Waals surface area contributed by atoms with E-state index in [2.05, 4.69) is 67.9 Å². The number of nitrogen functional groups attached to an aromatic ring is 1. The van der Waals surface area contributed by atoms with E-state index in [1.54, 1.807) is 12.3 Å². The summed E-state index contributed by atoms with van der Waals surface area (Å²) in [6, 6.07) is 12.1. The highest BCUT2D eigenvalue weighted by atomic mass is 16.5. The monoisotopic (exact) mass is 382 g/mol. The van der Waals surface area contributed by atoms with Crippen molar-refractivity contribution in [3.8, 4) is 0 Å². The molecule has 0 aliphatic carbocycles. The Morgan fingerprint density at radius 2 is 1.43 bits per heavy atom. The summed E-state index contributed by atoms with van der Waals surface area (Å²) < 4.78 is 0. The normalized spacial score (nSPS) is 18.0. The van der Waals surface area contributed by atoms with Gasteiger partial charge < -0.3 is 15.8 Å². The number of hydroxylamine groups is 2. The number of nitrogens with two attached hydrogens (primary N) is 1. The van der Waals surface area contributed by atoms with Gasteiger partial charge in [-0.2, -0.15) is 5.06 Å². The number of aromatic nitrogens is 1. The van der Waals surface area contributed by atoms with Crippen molar-refractivity contribution >= 4 is 23.7 Å². The Morgan fingerprint density at radius 3 is 1.82 bits per heavy atom. The molecule has 1 fully saturated rings. The van der Waals surface area contributed by atoms with Crippen LogP contribution < -0.4 is 10.6 Å². The maximum Gasteiger partial charge on any atom is 0.123 e. The molecule has 3 N–H and O–H groups in total. The highest BCUT2D eigenvalue weighted by Gasteiger charge is 2.43. The fraction of sp³-hybridized carbons (Fsp3) is 0.435. The van der Waals surface area contributed by atoms with Gasteiger partial charge in [-0.1, -0.05) is 24.3 Å². The molecule has 1 aromatic carbocycles. The molecule has 0 atom stereocenters. The lowest BCUT2D eigenvalue weighted by Gasteiger charge is -2.34. The minimum absolute atomic E-state index is 0.0243. The van der Waals surface area contributed by atoms with Crippen LogP contribution in [0.5, 0.6) is 0 Å². The molecule has 0 bridgehead atoms. The van der Waals surface area contributed by atoms with Crippen molar-refractivity contribution in [3.05, 3.63) is 53.7 Å². The summed E-state index contributed by atoms with van der Waals surface area (Å²) >= 11 is 0. The lowest BCUT2D eigenvalue weighted by molar-refractivity contribution is -0.191. The van der Waals surface area contributed by atoms with E-state index in [0.717, 1.165) is 24.0 Å². The van der Waals surface area contributed by atoms with Crippen LogP contribution in [0.15, 0.2) is 42.6 Å². The molecular weight excluding hydrogens is 348 g/mol. The second-order valence-electron chi connectivity index (χ2n) is 8.77. The summed E-state index contributed by atoms with van der Waals surface area (Å²) in [6.45, 7) is 8.28. The van der Waals surface area contributed by atoms with Crippen LogP contribution in [0.2, 0.25) is 0 Å². The van der Waals surface area contributed by atoms with E-state index in [-0.39, 0.29) is 11.1 Å². The van der Waals surface area contributed by atoms with E-state index in [4.69, 9.17) is 5.73 Å². The Balaban J connectivity index is 0.000000237. The first-order valence-electron chi connectivity index (χ1n) is 9.67. The molecule has 0 saturated carbocycles. The molecule has 5 nitrogen and oxygen atoms in total. The first kappa shape index (κ1) is 21.9. The SMILES string of the molecule is CC1(C)CCC(C)(C)N1O.CN(C)c1ccc(/C=C/c2ccc(N)nc2)cc1. The smallest absolute Gasteiger partial charge is 0.123 e. The lowest BCUT2D eigenvalue weighted by Crippen LogP contribution is -2.45. The molecule has 1 aliphatic rings. The molecule has 0 spiro atoms. The Kier molecular flexibility index (Phi) is 6.86. The maximum atomic E-state index is 9.62. The molecule has 3 rings (SSSR count). The molecule has 1 saturated heterocycles. The van der Waals surface area contributed by atoms with Gasteiger partial charge in [0.1, 0.15) is 5.82 Å². The van der Waals surface area contributed by atoms with Crippen molar-refractivity contribution in [3.63, 3.8) is 0 Å². The average molecular weight is 383 g/mol. The van der Waals surface area contributed by atoms with Crippen LogP contribution in [0.4, 0.5) is 11.5 Å². The van der Waals surface area contributed by atoms with Crippen molar-refractivity contribution in [2.75, 3.05) is 24.7 Å². The van der Waals surface area contributed by atoms with Crippen molar-refractivity contribution in [2.24, 2.45) is 0 Å². The number of hydrogen-bond donors (Lipinski definition) is 2. The van der Waals surface area contributed by atoms with Crippen LogP contribution in [0.25, 0.3) is 12.2 Å². The van der Waals surface area contributed by atoms with E-state index in [1.165, 1.54) is 10.8 Å². The second-order valence-corrected chi connectivity index (χ2v) is 8.77. The van der Waals surface area contributed by atoms with E-state index in [9.17, 15) is 5.21 Å². The van der Waals surface area contributed by atoms with E-state index in [1.807, 2.05) is 26.2 Å². The number of nitrogens with zero attached hydrogens (tertiary/aromatic N) is 3. The van der Waals surface area contributed by atoms with Gasteiger partial charge in [0, 0.05) is 37.1 Å². The third-order valence-corrected chi connectivity index (χ3v) is 5.18. The largest absolute Gasteiger partial charge is 0.384 e. The van der Waals surface area contributed by atoms with Crippen molar-refractivity contribution in [1.82, 2.24) is 10.0 Å². The van der Waals surface area contributed by atoms with Gasteiger partial charge in [0.25, 0.3) is 0 Å². The van der Waals surface area contributed by atoms with Gasteiger partial charge in [-0.15, -0.1) is 0 Å². The molecule has 2 heterocycles. The van der Waals surface area contributed by atoms with Crippen LogP contribution in [0.1, 0.15) is 51.7 Å². The topological polar surface area (TPSA) is 65.6 Å². The van der Waals surface area contributed by atoms with Gasteiger partial charge in [-0.25, -0.2) is 4.98 Å². The van der Waals surface area contributed by atoms with Crippen LogP contribution in [-0.4, -0.2) is 40.4 Å². The molecule has 28 heavy (non-hydrogen) atoms. The minimum Gasteiger partial charge on any atom is -0.384 e. The van der Waals surface area contributed by atoms with Crippen molar-refractivity contribution in [1.29, 1.82) is 0 Å². The van der Waals surface area contributed by atoms with Gasteiger partial charge in [-0.3, -0.25) is 0 Å². The summed E-state index contributed by atoms with van der Waals surface area (Å²) in [5.41, 5.74) is 8.89. The van der Waals surface area contributed by atoms with Crippen LogP contribution >= 0.6 is 0 Å². The molecule has 2 aromatic rings. The van der Waals surface area contributed by atoms with Gasteiger partial charge in [0.05, 0.1) is 0 Å². The zero-order chi connectivity index (χ0) is 20.9. The highest BCUT2D eigenvalue weighted by molar-refractivity contribution is 5.70. The number of benzene rings is 1. The third kappa shape index (κ3) is 5.81. The number of rotatable bonds is 3. The first-order chi connectivity index (χ1) is 13.0. The number of pyridine rings is 1. The van der Waals surface area contributed by atoms with E-state index in [0.29, 0.717) is 5.82 Å². The molecule has 5 heteroatoms. The highest BCUT2D eigenvalue weighted by Crippen LogP contribution is 2.38. The van der Waals surface area contributed by atoms with E-state index >= 15 is 0 Å². The summed E-state index contributed by atoms with van der Waals surface area (Å²) in [7, 11) is 4.07. The first-order valence-corrected chi connectivity index (χ1v) is 9.67. The van der Waals surface area contributed by atoms with Gasteiger partial charge in [0.15, 0.2) is 0 Å². The Bertz CT molecular complexity index is 761. The van der Waals surface area contributed by atoms with Crippen LogP contribution in [0.3, 0.4) is 0 Å². The van der Waals surface area contributed by atoms with Gasteiger partial charge in [-0.05, 0) is 75.9 Å². The lowest BCUT2D eigenvalue weighted by atomic mass is 10.0. The summed E-state index contributed by atoms with van der Waals surface area (Å²) in [5, 5.41) is 11.1. The fourth-order valence-electron chi connectivity index (χ4n) is 3.23. The van der Waals surface area contributed by atoms with Crippen molar-refractivity contribution < 1.29 is 5.21 Å². The average Bonchev–Trinajstić information content (AvgIpc) is 2.84. The molecule has 1 aliphatic heterocycles. The minimum atomic E-state index is -0.0243. The molecule has 0 radical (unpaired) electrons. The number of hydrogen-bond acceptors (Lipinski definition) is 5. The zero-order valence-corrected chi connectivity index (χ0v) is 18.0. The quantitative estimate of drug-likeness (QED) is 0.788. The molecule has 0 amide bonds. The van der Waals surface area contributed by atoms with Crippen molar-refractivity contribution in [2.45, 2.75) is 51.6 Å². The Morgan fingerprint density at radius 1 is 0.929 bits per heavy atom. The standard InChI is InChI=1S/C15H17N3.C8H17NO/c1-18(2)14-8-5-12(6-9-14)3-4-13-7-10-15(16)17-11-13;1-7(2)5-6-8(3,4)9(7)10/h3-11H,1-2H3,(H2,16,17);10H,5-6H2,1-4H3/b4-3+;. The Hall–Kier alpha value is -2.37. The van der Waals surface area contributed by atoms with Crippen LogP contribution in [0, 0.1) is 0 Å². The summed E-state index contributed by atoms with van der Waals surface area (Å²) in [5.74, 6) is 0.544. The van der Waals surface area contributed by atoms with E-state index < -0.39 is 0 Å². The molecule has 152 valence electrons. The molecule has 0 unspecified atom stereocenters. The maximum absolute atomic E-state index is 9.62. The number of anilines is 2. The predicted molar refractivity (Wildman–Crippen MR) is 119 cm³/mol.